The number of aryl methyl sites for hydroxylation is 1. The topological polar surface area (TPSA) is 42.7 Å². The Hall–Kier alpha value is -1.42. The fourth-order valence-corrected chi connectivity index (χ4v) is 2.42. The number of fused-ring (bicyclic) bond motifs is 1. The standard InChI is InChI=1S/C12H16N4/c1-16-11-8-13-6-4-10(11)15-12(16)7-9-3-2-5-14-9/h4,6,8-9,14H,2-3,5,7H2,1H3. The van der Waals surface area contributed by atoms with Crippen LogP contribution in [0.3, 0.4) is 0 Å². The van der Waals surface area contributed by atoms with Gasteiger partial charge in [0.05, 0.1) is 17.2 Å². The molecule has 4 heteroatoms. The van der Waals surface area contributed by atoms with Crippen LogP contribution in [0.1, 0.15) is 18.7 Å². The van der Waals surface area contributed by atoms with E-state index in [1.807, 2.05) is 12.3 Å². The van der Waals surface area contributed by atoms with E-state index in [-0.39, 0.29) is 0 Å². The Bertz CT molecular complexity index is 497. The van der Waals surface area contributed by atoms with Gasteiger partial charge in [-0.2, -0.15) is 0 Å². The van der Waals surface area contributed by atoms with E-state index in [0.717, 1.165) is 29.8 Å². The predicted molar refractivity (Wildman–Crippen MR) is 63.2 cm³/mol. The molecule has 4 nitrogen and oxygen atoms in total. The van der Waals surface area contributed by atoms with Crippen LogP contribution in [0.2, 0.25) is 0 Å². The van der Waals surface area contributed by atoms with Crippen molar-refractivity contribution in [2.75, 3.05) is 6.54 Å². The molecule has 16 heavy (non-hydrogen) atoms. The zero-order valence-corrected chi connectivity index (χ0v) is 9.48. The highest BCUT2D eigenvalue weighted by Crippen LogP contribution is 2.16. The molecule has 0 aromatic carbocycles. The van der Waals surface area contributed by atoms with Crippen molar-refractivity contribution >= 4 is 11.0 Å². The van der Waals surface area contributed by atoms with Crippen molar-refractivity contribution in [2.45, 2.75) is 25.3 Å². The van der Waals surface area contributed by atoms with Gasteiger partial charge in [-0.15, -0.1) is 0 Å². The first-order valence-electron chi connectivity index (χ1n) is 5.83. The SMILES string of the molecule is Cn1c(CC2CCCN2)nc2ccncc21. The highest BCUT2D eigenvalue weighted by molar-refractivity contribution is 5.74. The number of nitrogens with one attached hydrogen (secondary N) is 1. The monoisotopic (exact) mass is 216 g/mol. The van der Waals surface area contributed by atoms with Crippen LogP contribution in [0.4, 0.5) is 0 Å². The van der Waals surface area contributed by atoms with Crippen molar-refractivity contribution < 1.29 is 0 Å². The minimum Gasteiger partial charge on any atom is -0.330 e. The summed E-state index contributed by atoms with van der Waals surface area (Å²) in [6.07, 6.45) is 7.25. The van der Waals surface area contributed by atoms with Gasteiger partial charge in [0.1, 0.15) is 5.82 Å². The van der Waals surface area contributed by atoms with Gasteiger partial charge in [-0.05, 0) is 25.5 Å². The van der Waals surface area contributed by atoms with Gasteiger partial charge in [-0.25, -0.2) is 4.98 Å². The molecule has 0 radical (unpaired) electrons. The summed E-state index contributed by atoms with van der Waals surface area (Å²) in [5, 5.41) is 3.51. The Kier molecular flexibility index (Phi) is 2.36. The van der Waals surface area contributed by atoms with Crippen LogP contribution in [-0.2, 0) is 13.5 Å². The van der Waals surface area contributed by atoms with Gasteiger partial charge in [-0.1, -0.05) is 0 Å². The number of nitrogens with zero attached hydrogens (tertiary/aromatic N) is 3. The molecule has 2 aromatic heterocycles. The molecule has 1 N–H and O–H groups in total. The van der Waals surface area contributed by atoms with E-state index in [9.17, 15) is 0 Å². The predicted octanol–water partition coefficient (Wildman–Crippen LogP) is 1.26. The molecule has 1 aliphatic heterocycles. The van der Waals surface area contributed by atoms with Crippen molar-refractivity contribution in [3.63, 3.8) is 0 Å². The van der Waals surface area contributed by atoms with Gasteiger partial charge in [0.25, 0.3) is 0 Å². The lowest BCUT2D eigenvalue weighted by Crippen LogP contribution is -2.25. The molecule has 1 saturated heterocycles. The quantitative estimate of drug-likeness (QED) is 0.822. The molecule has 1 aliphatic rings. The average Bonchev–Trinajstić information content (AvgIpc) is 2.90. The zero-order valence-electron chi connectivity index (χ0n) is 9.48. The number of rotatable bonds is 2. The van der Waals surface area contributed by atoms with E-state index in [0.29, 0.717) is 6.04 Å². The van der Waals surface area contributed by atoms with Crippen LogP contribution in [0.5, 0.6) is 0 Å². The van der Waals surface area contributed by atoms with Crippen LogP contribution in [0, 0.1) is 0 Å². The van der Waals surface area contributed by atoms with Crippen molar-refractivity contribution in [3.8, 4) is 0 Å². The maximum atomic E-state index is 4.66. The number of hydrogen-bond donors (Lipinski definition) is 1. The lowest BCUT2D eigenvalue weighted by atomic mass is 10.1. The summed E-state index contributed by atoms with van der Waals surface area (Å²) in [4.78, 5) is 8.80. The van der Waals surface area contributed by atoms with E-state index in [4.69, 9.17) is 0 Å². The number of imidazole rings is 1. The second-order valence-corrected chi connectivity index (χ2v) is 4.45. The lowest BCUT2D eigenvalue weighted by molar-refractivity contribution is 0.575. The smallest absolute Gasteiger partial charge is 0.111 e. The minimum atomic E-state index is 0.600. The van der Waals surface area contributed by atoms with Gasteiger partial charge in [0.2, 0.25) is 0 Å². The first-order chi connectivity index (χ1) is 7.84. The normalized spacial score (nSPS) is 20.7. The van der Waals surface area contributed by atoms with Gasteiger partial charge in [0, 0.05) is 25.7 Å². The van der Waals surface area contributed by atoms with Gasteiger partial charge in [0.15, 0.2) is 0 Å². The Morgan fingerprint density at radius 1 is 1.56 bits per heavy atom. The molecule has 1 atom stereocenters. The Balaban J connectivity index is 1.94. The van der Waals surface area contributed by atoms with Crippen LogP contribution < -0.4 is 5.32 Å². The molecule has 0 bridgehead atoms. The van der Waals surface area contributed by atoms with Gasteiger partial charge in [-0.3, -0.25) is 4.98 Å². The number of aromatic nitrogens is 3. The molecular weight excluding hydrogens is 200 g/mol. The highest BCUT2D eigenvalue weighted by atomic mass is 15.1. The third-order valence-corrected chi connectivity index (χ3v) is 3.37. The molecule has 0 saturated carbocycles. The van der Waals surface area contributed by atoms with E-state index >= 15 is 0 Å². The highest BCUT2D eigenvalue weighted by Gasteiger charge is 2.17. The molecule has 1 fully saturated rings. The molecule has 0 spiro atoms. The maximum Gasteiger partial charge on any atom is 0.111 e. The zero-order chi connectivity index (χ0) is 11.0. The first kappa shape index (κ1) is 9.78. The summed E-state index contributed by atoms with van der Waals surface area (Å²) in [7, 11) is 2.07. The van der Waals surface area contributed by atoms with Gasteiger partial charge < -0.3 is 9.88 Å². The maximum absolute atomic E-state index is 4.66. The third kappa shape index (κ3) is 1.59. The van der Waals surface area contributed by atoms with E-state index < -0.39 is 0 Å². The van der Waals surface area contributed by atoms with Crippen molar-refractivity contribution in [2.24, 2.45) is 7.05 Å². The van der Waals surface area contributed by atoms with Crippen molar-refractivity contribution in [3.05, 3.63) is 24.3 Å². The van der Waals surface area contributed by atoms with Crippen LogP contribution in [-0.4, -0.2) is 27.1 Å². The summed E-state index contributed by atoms with van der Waals surface area (Å²) in [6, 6.07) is 2.57. The minimum absolute atomic E-state index is 0.600. The molecule has 0 aliphatic carbocycles. The summed E-state index contributed by atoms with van der Waals surface area (Å²) in [5.41, 5.74) is 2.17. The van der Waals surface area contributed by atoms with Crippen LogP contribution in [0.25, 0.3) is 11.0 Å². The summed E-state index contributed by atoms with van der Waals surface area (Å²) in [5.74, 6) is 1.16. The number of pyridine rings is 1. The number of hydrogen-bond acceptors (Lipinski definition) is 3. The van der Waals surface area contributed by atoms with E-state index in [1.165, 1.54) is 12.8 Å². The fourth-order valence-electron chi connectivity index (χ4n) is 2.42. The lowest BCUT2D eigenvalue weighted by Gasteiger charge is -2.09. The molecule has 1 unspecified atom stereocenters. The summed E-state index contributed by atoms with van der Waals surface area (Å²) < 4.78 is 2.16. The van der Waals surface area contributed by atoms with E-state index in [2.05, 4.69) is 26.9 Å². The van der Waals surface area contributed by atoms with Crippen molar-refractivity contribution in [1.29, 1.82) is 0 Å². The molecular formula is C12H16N4. The Morgan fingerprint density at radius 2 is 2.50 bits per heavy atom. The summed E-state index contributed by atoms with van der Waals surface area (Å²) >= 11 is 0. The Morgan fingerprint density at radius 3 is 3.25 bits per heavy atom. The molecule has 2 aromatic rings. The third-order valence-electron chi connectivity index (χ3n) is 3.37. The first-order valence-corrected chi connectivity index (χ1v) is 5.83. The average molecular weight is 216 g/mol. The molecule has 3 rings (SSSR count). The van der Waals surface area contributed by atoms with E-state index in [1.54, 1.807) is 6.20 Å². The summed E-state index contributed by atoms with van der Waals surface area (Å²) in [6.45, 7) is 1.15. The molecule has 0 amide bonds. The van der Waals surface area contributed by atoms with Crippen LogP contribution >= 0.6 is 0 Å². The Labute approximate surface area is 94.7 Å². The molecule has 3 heterocycles. The second kappa shape index (κ2) is 3.87. The molecule has 84 valence electrons. The largest absolute Gasteiger partial charge is 0.330 e. The van der Waals surface area contributed by atoms with Crippen LogP contribution in [0.15, 0.2) is 18.5 Å². The van der Waals surface area contributed by atoms with Gasteiger partial charge >= 0.3 is 0 Å². The fraction of sp³-hybridized carbons (Fsp3) is 0.500. The van der Waals surface area contributed by atoms with Crippen molar-refractivity contribution in [1.82, 2.24) is 19.9 Å². The second-order valence-electron chi connectivity index (χ2n) is 4.45.